The molecule has 0 aliphatic heterocycles. The lowest BCUT2D eigenvalue weighted by atomic mass is 10.2. The van der Waals surface area contributed by atoms with Gasteiger partial charge in [-0.2, -0.15) is 0 Å². The van der Waals surface area contributed by atoms with Crippen LogP contribution in [0.4, 0.5) is 11.5 Å². The van der Waals surface area contributed by atoms with Crippen LogP contribution in [-0.4, -0.2) is 26.0 Å². The molecule has 0 fully saturated rings. The zero-order valence-electron chi connectivity index (χ0n) is 13.1. The van der Waals surface area contributed by atoms with Crippen molar-refractivity contribution < 1.29 is 9.90 Å². The number of nitrogens with zero attached hydrogens (tertiary/aromatic N) is 3. The summed E-state index contributed by atoms with van der Waals surface area (Å²) in [6.07, 6.45) is 4.16. The lowest BCUT2D eigenvalue weighted by Crippen LogP contribution is -2.02. The quantitative estimate of drug-likeness (QED) is 0.747. The Hall–Kier alpha value is -3.28. The molecule has 3 rings (SSSR count). The van der Waals surface area contributed by atoms with Crippen LogP contribution in [-0.2, 0) is 6.42 Å². The maximum atomic E-state index is 11.1. The van der Waals surface area contributed by atoms with Crippen molar-refractivity contribution >= 4 is 17.5 Å². The van der Waals surface area contributed by atoms with Gasteiger partial charge in [0, 0.05) is 35.4 Å². The minimum atomic E-state index is -0.965. The molecule has 2 N–H and O–H groups in total. The minimum absolute atomic E-state index is 0.221. The number of hydrogen-bond donors (Lipinski definition) is 2. The molecule has 0 amide bonds. The molecule has 24 heavy (non-hydrogen) atoms. The number of anilines is 2. The smallest absolute Gasteiger partial charge is 0.335 e. The Kier molecular flexibility index (Phi) is 4.47. The SMILES string of the molecule is CCc1cc(Nc2cccc(C(=O)O)c2)nc(-c2ccncc2)n1. The van der Waals surface area contributed by atoms with Crippen molar-refractivity contribution in [3.63, 3.8) is 0 Å². The summed E-state index contributed by atoms with van der Waals surface area (Å²) in [5.41, 5.74) is 2.66. The van der Waals surface area contributed by atoms with E-state index in [9.17, 15) is 4.79 Å². The highest BCUT2D eigenvalue weighted by Gasteiger charge is 2.08. The Morgan fingerprint density at radius 2 is 1.92 bits per heavy atom. The second-order valence-electron chi connectivity index (χ2n) is 5.17. The zero-order chi connectivity index (χ0) is 16.9. The first-order valence-corrected chi connectivity index (χ1v) is 7.54. The molecule has 120 valence electrons. The van der Waals surface area contributed by atoms with Crippen molar-refractivity contribution in [2.75, 3.05) is 5.32 Å². The summed E-state index contributed by atoms with van der Waals surface area (Å²) in [6.45, 7) is 2.02. The summed E-state index contributed by atoms with van der Waals surface area (Å²) in [7, 11) is 0. The molecule has 0 spiro atoms. The van der Waals surface area contributed by atoms with Gasteiger partial charge in [0.2, 0.25) is 0 Å². The number of aryl methyl sites for hydroxylation is 1. The van der Waals surface area contributed by atoms with E-state index in [1.807, 2.05) is 25.1 Å². The molecule has 0 aliphatic rings. The highest BCUT2D eigenvalue weighted by atomic mass is 16.4. The molecule has 2 aromatic heterocycles. The standard InChI is InChI=1S/C18H16N4O2/c1-2-14-11-16(20-15-5-3-4-13(10-15)18(23)24)22-17(21-14)12-6-8-19-9-7-12/h3-11H,2H2,1H3,(H,23,24)(H,20,21,22). The van der Waals surface area contributed by atoms with Crippen molar-refractivity contribution in [3.05, 3.63) is 66.1 Å². The number of carboxylic acid groups (broad SMARTS) is 1. The second-order valence-corrected chi connectivity index (χ2v) is 5.17. The normalized spacial score (nSPS) is 10.4. The third-order valence-electron chi connectivity index (χ3n) is 3.46. The maximum Gasteiger partial charge on any atom is 0.335 e. The Morgan fingerprint density at radius 1 is 1.12 bits per heavy atom. The predicted octanol–water partition coefficient (Wildman–Crippen LogP) is 3.54. The van der Waals surface area contributed by atoms with E-state index in [-0.39, 0.29) is 5.56 Å². The van der Waals surface area contributed by atoms with Crippen molar-refractivity contribution in [2.24, 2.45) is 0 Å². The fraction of sp³-hybridized carbons (Fsp3) is 0.111. The summed E-state index contributed by atoms with van der Waals surface area (Å²) in [6, 6.07) is 12.2. The van der Waals surface area contributed by atoms with Crippen LogP contribution >= 0.6 is 0 Å². The molecule has 0 aliphatic carbocycles. The van der Waals surface area contributed by atoms with Gasteiger partial charge in [0.15, 0.2) is 5.82 Å². The third kappa shape index (κ3) is 3.55. The Morgan fingerprint density at radius 3 is 2.62 bits per heavy atom. The first kappa shape index (κ1) is 15.6. The Bertz CT molecular complexity index is 866. The number of hydrogen-bond acceptors (Lipinski definition) is 5. The number of aromatic carboxylic acids is 1. The lowest BCUT2D eigenvalue weighted by molar-refractivity contribution is 0.0697. The molecule has 6 nitrogen and oxygen atoms in total. The molecule has 2 heterocycles. The van der Waals surface area contributed by atoms with Crippen LogP contribution in [0.1, 0.15) is 23.0 Å². The number of rotatable bonds is 5. The topological polar surface area (TPSA) is 88.0 Å². The van der Waals surface area contributed by atoms with Crippen molar-refractivity contribution in [1.82, 2.24) is 15.0 Å². The predicted molar refractivity (Wildman–Crippen MR) is 91.3 cm³/mol. The van der Waals surface area contributed by atoms with E-state index >= 15 is 0 Å². The summed E-state index contributed by atoms with van der Waals surface area (Å²) in [4.78, 5) is 24.1. The number of pyridine rings is 1. The van der Waals surface area contributed by atoms with Gasteiger partial charge in [-0.1, -0.05) is 13.0 Å². The van der Waals surface area contributed by atoms with Crippen LogP contribution in [0.3, 0.4) is 0 Å². The van der Waals surface area contributed by atoms with Gasteiger partial charge in [-0.3, -0.25) is 4.98 Å². The summed E-state index contributed by atoms with van der Waals surface area (Å²) in [5, 5.41) is 12.2. The molecule has 0 unspecified atom stereocenters. The molecule has 0 saturated heterocycles. The number of carboxylic acids is 1. The van der Waals surface area contributed by atoms with E-state index in [4.69, 9.17) is 5.11 Å². The molecule has 0 radical (unpaired) electrons. The van der Waals surface area contributed by atoms with Crippen LogP contribution < -0.4 is 5.32 Å². The summed E-state index contributed by atoms with van der Waals surface area (Å²) < 4.78 is 0. The molecule has 1 aromatic carbocycles. The largest absolute Gasteiger partial charge is 0.478 e. The molecular weight excluding hydrogens is 304 g/mol. The molecule has 6 heteroatoms. The number of carbonyl (C=O) groups is 1. The monoisotopic (exact) mass is 320 g/mol. The summed E-state index contributed by atoms with van der Waals surface area (Å²) >= 11 is 0. The van der Waals surface area contributed by atoms with Crippen LogP contribution in [0.5, 0.6) is 0 Å². The molecule has 3 aromatic rings. The van der Waals surface area contributed by atoms with Gasteiger partial charge >= 0.3 is 5.97 Å². The van der Waals surface area contributed by atoms with E-state index in [1.165, 1.54) is 0 Å². The van der Waals surface area contributed by atoms with E-state index in [0.717, 1.165) is 17.7 Å². The third-order valence-corrected chi connectivity index (χ3v) is 3.46. The number of nitrogens with one attached hydrogen (secondary N) is 1. The average molecular weight is 320 g/mol. The minimum Gasteiger partial charge on any atom is -0.478 e. The van der Waals surface area contributed by atoms with Gasteiger partial charge < -0.3 is 10.4 Å². The Balaban J connectivity index is 1.96. The molecule has 0 saturated carbocycles. The van der Waals surface area contributed by atoms with E-state index < -0.39 is 5.97 Å². The van der Waals surface area contributed by atoms with Crippen LogP contribution in [0.15, 0.2) is 54.9 Å². The van der Waals surface area contributed by atoms with E-state index in [1.54, 1.807) is 36.7 Å². The first-order valence-electron chi connectivity index (χ1n) is 7.54. The van der Waals surface area contributed by atoms with Crippen LogP contribution in [0.25, 0.3) is 11.4 Å². The van der Waals surface area contributed by atoms with E-state index in [0.29, 0.717) is 17.3 Å². The van der Waals surface area contributed by atoms with Crippen molar-refractivity contribution in [1.29, 1.82) is 0 Å². The average Bonchev–Trinajstić information content (AvgIpc) is 2.62. The lowest BCUT2D eigenvalue weighted by Gasteiger charge is -2.10. The van der Waals surface area contributed by atoms with Crippen molar-refractivity contribution in [3.8, 4) is 11.4 Å². The van der Waals surface area contributed by atoms with Crippen molar-refractivity contribution in [2.45, 2.75) is 13.3 Å². The highest BCUT2D eigenvalue weighted by molar-refractivity contribution is 5.89. The van der Waals surface area contributed by atoms with Gasteiger partial charge in [-0.25, -0.2) is 14.8 Å². The molecule has 0 atom stereocenters. The van der Waals surface area contributed by atoms with Gasteiger partial charge in [0.25, 0.3) is 0 Å². The number of aromatic nitrogens is 3. The van der Waals surface area contributed by atoms with Gasteiger partial charge in [0.1, 0.15) is 5.82 Å². The fourth-order valence-corrected chi connectivity index (χ4v) is 2.25. The summed E-state index contributed by atoms with van der Waals surface area (Å²) in [5.74, 6) is 0.262. The van der Waals surface area contributed by atoms with Crippen LogP contribution in [0.2, 0.25) is 0 Å². The zero-order valence-corrected chi connectivity index (χ0v) is 13.1. The Labute approximate surface area is 139 Å². The van der Waals surface area contributed by atoms with E-state index in [2.05, 4.69) is 20.3 Å². The van der Waals surface area contributed by atoms with Gasteiger partial charge in [-0.15, -0.1) is 0 Å². The second kappa shape index (κ2) is 6.87. The molecule has 0 bridgehead atoms. The van der Waals surface area contributed by atoms with Gasteiger partial charge in [-0.05, 0) is 36.8 Å². The number of benzene rings is 1. The highest BCUT2D eigenvalue weighted by Crippen LogP contribution is 2.21. The fourth-order valence-electron chi connectivity index (χ4n) is 2.25. The molecular formula is C18H16N4O2. The first-order chi connectivity index (χ1) is 11.7. The van der Waals surface area contributed by atoms with Gasteiger partial charge in [0.05, 0.1) is 5.56 Å². The maximum absolute atomic E-state index is 11.1. The van der Waals surface area contributed by atoms with Crippen LogP contribution in [0, 0.1) is 0 Å².